The molecular formula is C19H24Cl2N4O2. The summed E-state index contributed by atoms with van der Waals surface area (Å²) in [6, 6.07) is 5.08. The van der Waals surface area contributed by atoms with Crippen molar-refractivity contribution < 1.29 is 9.53 Å². The van der Waals surface area contributed by atoms with E-state index in [1.165, 1.54) is 0 Å². The Morgan fingerprint density at radius 2 is 1.93 bits per heavy atom. The third kappa shape index (κ3) is 5.47. The van der Waals surface area contributed by atoms with Crippen LogP contribution in [0.25, 0.3) is 0 Å². The van der Waals surface area contributed by atoms with Gasteiger partial charge >= 0.3 is 0 Å². The molecule has 0 saturated heterocycles. The zero-order valence-electron chi connectivity index (χ0n) is 15.8. The van der Waals surface area contributed by atoms with Crippen molar-refractivity contribution in [3.8, 4) is 5.75 Å². The lowest BCUT2D eigenvalue weighted by atomic mass is 10.1. The SMILES string of the molecule is CCN(CC)C(=O)c1c(C)nc(N)nc1CCCOc1ccc(Cl)cc1Cl. The van der Waals surface area contributed by atoms with Gasteiger partial charge in [-0.25, -0.2) is 9.97 Å². The number of rotatable bonds is 8. The fraction of sp³-hybridized carbons (Fsp3) is 0.421. The summed E-state index contributed by atoms with van der Waals surface area (Å²) in [5, 5.41) is 1.01. The van der Waals surface area contributed by atoms with Crippen molar-refractivity contribution in [2.45, 2.75) is 33.6 Å². The van der Waals surface area contributed by atoms with Gasteiger partial charge in [-0.1, -0.05) is 23.2 Å². The molecule has 27 heavy (non-hydrogen) atoms. The number of nitrogen functional groups attached to an aromatic ring is 1. The Morgan fingerprint density at radius 3 is 2.56 bits per heavy atom. The number of hydrogen-bond donors (Lipinski definition) is 1. The smallest absolute Gasteiger partial charge is 0.257 e. The topological polar surface area (TPSA) is 81.3 Å². The maximum Gasteiger partial charge on any atom is 0.257 e. The van der Waals surface area contributed by atoms with E-state index in [1.54, 1.807) is 30.0 Å². The molecule has 2 N–H and O–H groups in total. The quantitative estimate of drug-likeness (QED) is 0.660. The van der Waals surface area contributed by atoms with Crippen LogP contribution in [0.3, 0.4) is 0 Å². The van der Waals surface area contributed by atoms with Gasteiger partial charge in [0, 0.05) is 18.1 Å². The minimum Gasteiger partial charge on any atom is -0.492 e. The van der Waals surface area contributed by atoms with Gasteiger partial charge in [-0.05, 0) is 51.8 Å². The molecule has 0 spiro atoms. The van der Waals surface area contributed by atoms with E-state index in [0.717, 1.165) is 0 Å². The molecule has 2 rings (SSSR count). The van der Waals surface area contributed by atoms with Gasteiger partial charge in [0.25, 0.3) is 5.91 Å². The molecule has 2 aromatic rings. The van der Waals surface area contributed by atoms with Gasteiger partial charge in [0.05, 0.1) is 28.6 Å². The lowest BCUT2D eigenvalue weighted by molar-refractivity contribution is 0.0770. The molecule has 8 heteroatoms. The molecule has 0 unspecified atom stereocenters. The highest BCUT2D eigenvalue weighted by Crippen LogP contribution is 2.27. The van der Waals surface area contributed by atoms with E-state index >= 15 is 0 Å². The standard InChI is InChI=1S/C19H24Cl2N4O2/c1-4-25(5-2)18(26)17-12(3)23-19(22)24-15(17)7-6-10-27-16-9-8-13(20)11-14(16)21/h8-9,11H,4-7,10H2,1-3H3,(H2,22,23,24). The summed E-state index contributed by atoms with van der Waals surface area (Å²) in [4.78, 5) is 23.0. The number of carbonyl (C=O) groups is 1. The average Bonchev–Trinajstić information content (AvgIpc) is 2.60. The van der Waals surface area contributed by atoms with Crippen LogP contribution in [-0.2, 0) is 6.42 Å². The number of hydrogen-bond acceptors (Lipinski definition) is 5. The number of benzene rings is 1. The van der Waals surface area contributed by atoms with Crippen molar-refractivity contribution in [1.29, 1.82) is 0 Å². The molecule has 0 saturated carbocycles. The third-order valence-electron chi connectivity index (χ3n) is 4.16. The molecule has 0 aliphatic heterocycles. The second-order valence-corrected chi connectivity index (χ2v) is 6.84. The summed E-state index contributed by atoms with van der Waals surface area (Å²) in [6.07, 6.45) is 1.19. The molecule has 0 bridgehead atoms. The molecule has 0 aliphatic rings. The van der Waals surface area contributed by atoms with Gasteiger partial charge in [-0.2, -0.15) is 0 Å². The summed E-state index contributed by atoms with van der Waals surface area (Å²) in [5.41, 5.74) is 7.55. The van der Waals surface area contributed by atoms with Gasteiger partial charge < -0.3 is 15.4 Å². The minimum absolute atomic E-state index is 0.0748. The largest absolute Gasteiger partial charge is 0.492 e. The maximum atomic E-state index is 12.8. The first kappa shape index (κ1) is 21.3. The Labute approximate surface area is 169 Å². The van der Waals surface area contributed by atoms with Crippen molar-refractivity contribution >= 4 is 35.1 Å². The summed E-state index contributed by atoms with van der Waals surface area (Å²) >= 11 is 12.0. The summed E-state index contributed by atoms with van der Waals surface area (Å²) in [5.74, 6) is 0.660. The molecule has 1 aromatic heterocycles. The van der Waals surface area contributed by atoms with Crippen molar-refractivity contribution in [1.82, 2.24) is 14.9 Å². The van der Waals surface area contributed by atoms with E-state index in [-0.39, 0.29) is 11.9 Å². The Balaban J connectivity index is 2.10. The number of carbonyl (C=O) groups excluding carboxylic acids is 1. The molecule has 0 radical (unpaired) electrons. The number of halogens is 2. The molecule has 1 aromatic carbocycles. The van der Waals surface area contributed by atoms with E-state index in [0.29, 0.717) is 65.3 Å². The highest BCUT2D eigenvalue weighted by molar-refractivity contribution is 6.35. The van der Waals surface area contributed by atoms with Gasteiger partial charge in [0.1, 0.15) is 5.75 Å². The monoisotopic (exact) mass is 410 g/mol. The van der Waals surface area contributed by atoms with Crippen LogP contribution in [0.5, 0.6) is 5.75 Å². The molecule has 1 amide bonds. The fourth-order valence-corrected chi connectivity index (χ4v) is 3.26. The van der Waals surface area contributed by atoms with Gasteiger partial charge in [0.15, 0.2) is 0 Å². The van der Waals surface area contributed by atoms with Gasteiger partial charge in [-0.15, -0.1) is 0 Å². The van der Waals surface area contributed by atoms with Crippen LogP contribution in [0.2, 0.25) is 10.0 Å². The van der Waals surface area contributed by atoms with E-state index in [2.05, 4.69) is 9.97 Å². The van der Waals surface area contributed by atoms with Crippen LogP contribution in [0.4, 0.5) is 5.95 Å². The predicted molar refractivity (Wildman–Crippen MR) is 109 cm³/mol. The van der Waals surface area contributed by atoms with Gasteiger partial charge in [0.2, 0.25) is 5.95 Å². The highest BCUT2D eigenvalue weighted by atomic mass is 35.5. The van der Waals surface area contributed by atoms with Crippen LogP contribution in [0, 0.1) is 6.92 Å². The fourth-order valence-electron chi connectivity index (χ4n) is 2.80. The number of anilines is 1. The number of nitrogens with two attached hydrogens (primary N) is 1. The summed E-state index contributed by atoms with van der Waals surface area (Å²) < 4.78 is 5.70. The third-order valence-corrected chi connectivity index (χ3v) is 4.69. The molecular weight excluding hydrogens is 387 g/mol. The number of aromatic nitrogens is 2. The van der Waals surface area contributed by atoms with E-state index in [9.17, 15) is 4.79 Å². The van der Waals surface area contributed by atoms with Crippen LogP contribution < -0.4 is 10.5 Å². The molecule has 1 heterocycles. The Morgan fingerprint density at radius 1 is 1.22 bits per heavy atom. The first-order valence-electron chi connectivity index (χ1n) is 8.87. The van der Waals surface area contributed by atoms with Crippen LogP contribution in [0.15, 0.2) is 18.2 Å². The summed E-state index contributed by atoms with van der Waals surface area (Å²) in [6.45, 7) is 7.33. The molecule has 0 atom stereocenters. The zero-order chi connectivity index (χ0) is 20.0. The first-order chi connectivity index (χ1) is 12.9. The van der Waals surface area contributed by atoms with Crippen molar-refractivity contribution in [3.63, 3.8) is 0 Å². The van der Waals surface area contributed by atoms with Gasteiger partial charge in [-0.3, -0.25) is 4.79 Å². The number of nitrogens with zero attached hydrogens (tertiary/aromatic N) is 3. The lowest BCUT2D eigenvalue weighted by Gasteiger charge is -2.21. The zero-order valence-corrected chi connectivity index (χ0v) is 17.3. The predicted octanol–water partition coefficient (Wildman–Crippen LogP) is 4.17. The van der Waals surface area contributed by atoms with E-state index in [1.807, 2.05) is 13.8 Å². The van der Waals surface area contributed by atoms with Crippen LogP contribution in [-0.4, -0.2) is 40.5 Å². The number of amides is 1. The minimum atomic E-state index is -0.0748. The molecule has 0 aliphatic carbocycles. The second-order valence-electron chi connectivity index (χ2n) is 5.99. The Kier molecular flexibility index (Phi) is 7.68. The highest BCUT2D eigenvalue weighted by Gasteiger charge is 2.21. The van der Waals surface area contributed by atoms with Crippen molar-refractivity contribution in [2.24, 2.45) is 0 Å². The first-order valence-corrected chi connectivity index (χ1v) is 9.63. The van der Waals surface area contributed by atoms with Crippen molar-refractivity contribution in [2.75, 3.05) is 25.4 Å². The summed E-state index contributed by atoms with van der Waals surface area (Å²) in [7, 11) is 0. The normalized spacial score (nSPS) is 10.7. The van der Waals surface area contributed by atoms with Crippen molar-refractivity contribution in [3.05, 3.63) is 45.2 Å². The maximum absolute atomic E-state index is 12.8. The number of ether oxygens (including phenoxy) is 1. The average molecular weight is 411 g/mol. The molecule has 146 valence electrons. The van der Waals surface area contributed by atoms with Crippen LogP contribution in [0.1, 0.15) is 42.0 Å². The van der Waals surface area contributed by atoms with E-state index < -0.39 is 0 Å². The Hall–Kier alpha value is -2.05. The number of aryl methyl sites for hydroxylation is 2. The second kappa shape index (κ2) is 9.76. The Bertz CT molecular complexity index is 811. The van der Waals surface area contributed by atoms with E-state index in [4.69, 9.17) is 33.7 Å². The molecule has 0 fully saturated rings. The molecule has 6 nitrogen and oxygen atoms in total. The lowest BCUT2D eigenvalue weighted by Crippen LogP contribution is -2.32. The van der Waals surface area contributed by atoms with Crippen LogP contribution >= 0.6 is 23.2 Å².